The Morgan fingerprint density at radius 1 is 1.11 bits per heavy atom. The highest BCUT2D eigenvalue weighted by Gasteiger charge is 2.20. The number of nitro groups is 1. The fourth-order valence-corrected chi connectivity index (χ4v) is 3.18. The molecule has 0 bridgehead atoms. The number of rotatable bonds is 6. The number of halogens is 1. The minimum Gasteiger partial charge on any atom is -0.492 e. The van der Waals surface area contributed by atoms with Crippen LogP contribution in [0.1, 0.15) is 16.8 Å². The van der Waals surface area contributed by atoms with E-state index in [1.807, 2.05) is 0 Å². The molecular formula is C20H22FN3O4. The first-order chi connectivity index (χ1) is 13.5. The Bertz CT molecular complexity index is 846. The highest BCUT2D eigenvalue weighted by molar-refractivity contribution is 5.94. The number of carbonyl (C=O) groups is 1. The second-order valence-corrected chi connectivity index (χ2v) is 6.60. The van der Waals surface area contributed by atoms with Crippen LogP contribution in [0.4, 0.5) is 10.1 Å². The summed E-state index contributed by atoms with van der Waals surface area (Å²) < 4.78 is 19.0. The highest BCUT2D eigenvalue weighted by Crippen LogP contribution is 2.19. The summed E-state index contributed by atoms with van der Waals surface area (Å²) in [5.41, 5.74) is 0.362. The van der Waals surface area contributed by atoms with Gasteiger partial charge in [-0.05, 0) is 30.7 Å². The monoisotopic (exact) mass is 387 g/mol. The Morgan fingerprint density at radius 3 is 2.71 bits per heavy atom. The van der Waals surface area contributed by atoms with E-state index >= 15 is 0 Å². The van der Waals surface area contributed by atoms with Crippen molar-refractivity contribution < 1.29 is 18.8 Å². The number of nitrogens with zero attached hydrogens (tertiary/aromatic N) is 3. The van der Waals surface area contributed by atoms with Crippen LogP contribution in [0.5, 0.6) is 5.75 Å². The van der Waals surface area contributed by atoms with Gasteiger partial charge >= 0.3 is 0 Å². The number of ether oxygens (including phenoxy) is 1. The predicted octanol–water partition coefficient (Wildman–Crippen LogP) is 2.96. The van der Waals surface area contributed by atoms with Crippen molar-refractivity contribution in [2.24, 2.45) is 0 Å². The Balaban J connectivity index is 1.48. The standard InChI is InChI=1S/C20H22FN3O4/c21-17-5-1-4-16(14-17)20(25)23-9-3-8-22(10-11-23)12-13-28-19-7-2-6-18(15-19)24(26)27/h1-2,4-7,14-15H,3,8-13H2. The van der Waals surface area contributed by atoms with Gasteiger partial charge in [0.2, 0.25) is 0 Å². The third-order valence-corrected chi connectivity index (χ3v) is 4.65. The van der Waals surface area contributed by atoms with E-state index in [-0.39, 0.29) is 11.6 Å². The predicted molar refractivity (Wildman–Crippen MR) is 102 cm³/mol. The topological polar surface area (TPSA) is 75.9 Å². The molecule has 0 saturated carbocycles. The Labute approximate surface area is 162 Å². The lowest BCUT2D eigenvalue weighted by atomic mass is 10.2. The van der Waals surface area contributed by atoms with E-state index in [4.69, 9.17) is 4.74 Å². The lowest BCUT2D eigenvalue weighted by Gasteiger charge is -2.22. The van der Waals surface area contributed by atoms with Crippen LogP contribution in [0.3, 0.4) is 0 Å². The summed E-state index contributed by atoms with van der Waals surface area (Å²) in [7, 11) is 0. The molecule has 3 rings (SSSR count). The summed E-state index contributed by atoms with van der Waals surface area (Å²) in [6, 6.07) is 11.9. The van der Waals surface area contributed by atoms with Gasteiger partial charge in [0.15, 0.2) is 0 Å². The number of amides is 1. The number of benzene rings is 2. The number of nitro benzene ring substituents is 1. The molecule has 2 aromatic rings. The maximum absolute atomic E-state index is 13.4. The molecule has 0 aliphatic carbocycles. The van der Waals surface area contributed by atoms with Gasteiger partial charge in [0.25, 0.3) is 11.6 Å². The van der Waals surface area contributed by atoms with Crippen molar-refractivity contribution in [1.82, 2.24) is 9.80 Å². The third kappa shape index (κ3) is 5.26. The molecule has 1 aliphatic heterocycles. The Hall–Kier alpha value is -3.00. The van der Waals surface area contributed by atoms with E-state index in [1.54, 1.807) is 23.1 Å². The summed E-state index contributed by atoms with van der Waals surface area (Å²) in [6.45, 7) is 3.76. The van der Waals surface area contributed by atoms with E-state index < -0.39 is 10.7 Å². The molecule has 0 unspecified atom stereocenters. The molecule has 2 aromatic carbocycles. The summed E-state index contributed by atoms with van der Waals surface area (Å²) in [5, 5.41) is 10.8. The van der Waals surface area contributed by atoms with Gasteiger partial charge in [-0.2, -0.15) is 0 Å². The molecule has 0 N–H and O–H groups in total. The van der Waals surface area contributed by atoms with Crippen LogP contribution in [0.25, 0.3) is 0 Å². The molecule has 1 saturated heterocycles. The maximum atomic E-state index is 13.4. The fourth-order valence-electron chi connectivity index (χ4n) is 3.18. The average Bonchev–Trinajstić information content (AvgIpc) is 2.93. The van der Waals surface area contributed by atoms with Crippen molar-refractivity contribution in [3.8, 4) is 5.75 Å². The van der Waals surface area contributed by atoms with E-state index in [0.717, 1.165) is 13.0 Å². The molecule has 1 fully saturated rings. The molecular weight excluding hydrogens is 365 g/mol. The number of non-ortho nitro benzene ring substituents is 1. The second kappa shape index (κ2) is 9.27. The summed E-state index contributed by atoms with van der Waals surface area (Å²) in [4.78, 5) is 26.9. The molecule has 1 aliphatic rings. The zero-order chi connectivity index (χ0) is 19.9. The van der Waals surface area contributed by atoms with Crippen molar-refractivity contribution in [2.75, 3.05) is 39.3 Å². The van der Waals surface area contributed by atoms with Crippen LogP contribution < -0.4 is 4.74 Å². The molecule has 0 radical (unpaired) electrons. The molecule has 28 heavy (non-hydrogen) atoms. The fraction of sp³-hybridized carbons (Fsp3) is 0.350. The number of carbonyl (C=O) groups excluding carboxylic acids is 1. The minimum atomic E-state index is -0.453. The van der Waals surface area contributed by atoms with Crippen molar-refractivity contribution in [3.63, 3.8) is 0 Å². The minimum absolute atomic E-state index is 0.00113. The third-order valence-electron chi connectivity index (χ3n) is 4.65. The van der Waals surface area contributed by atoms with Gasteiger partial charge in [0, 0.05) is 44.4 Å². The lowest BCUT2D eigenvalue weighted by Crippen LogP contribution is -2.36. The lowest BCUT2D eigenvalue weighted by molar-refractivity contribution is -0.384. The normalized spacial score (nSPS) is 15.1. The van der Waals surface area contributed by atoms with Crippen molar-refractivity contribution in [2.45, 2.75) is 6.42 Å². The van der Waals surface area contributed by atoms with Crippen LogP contribution in [-0.2, 0) is 0 Å². The Kier molecular flexibility index (Phi) is 6.54. The highest BCUT2D eigenvalue weighted by atomic mass is 19.1. The zero-order valence-corrected chi connectivity index (χ0v) is 15.4. The van der Waals surface area contributed by atoms with Crippen molar-refractivity contribution in [3.05, 3.63) is 70.0 Å². The molecule has 0 atom stereocenters. The molecule has 1 heterocycles. The largest absolute Gasteiger partial charge is 0.492 e. The first-order valence-corrected chi connectivity index (χ1v) is 9.17. The number of hydrogen-bond acceptors (Lipinski definition) is 5. The summed E-state index contributed by atoms with van der Waals surface area (Å²) in [6.07, 6.45) is 0.817. The van der Waals surface area contributed by atoms with E-state index in [2.05, 4.69) is 4.90 Å². The molecule has 1 amide bonds. The van der Waals surface area contributed by atoms with Gasteiger partial charge in [-0.3, -0.25) is 19.8 Å². The van der Waals surface area contributed by atoms with Crippen LogP contribution in [0, 0.1) is 15.9 Å². The van der Waals surface area contributed by atoms with Crippen LogP contribution in [0.15, 0.2) is 48.5 Å². The molecule has 148 valence electrons. The van der Waals surface area contributed by atoms with Gasteiger partial charge in [0.05, 0.1) is 11.0 Å². The van der Waals surface area contributed by atoms with Crippen molar-refractivity contribution in [1.29, 1.82) is 0 Å². The van der Waals surface area contributed by atoms with Gasteiger partial charge in [-0.1, -0.05) is 12.1 Å². The maximum Gasteiger partial charge on any atom is 0.273 e. The second-order valence-electron chi connectivity index (χ2n) is 6.60. The number of hydrogen-bond donors (Lipinski definition) is 0. The van der Waals surface area contributed by atoms with E-state index in [0.29, 0.717) is 44.1 Å². The smallest absolute Gasteiger partial charge is 0.273 e. The average molecular weight is 387 g/mol. The van der Waals surface area contributed by atoms with E-state index in [9.17, 15) is 19.3 Å². The molecule has 0 aromatic heterocycles. The first kappa shape index (κ1) is 19.8. The molecule has 7 nitrogen and oxygen atoms in total. The van der Waals surface area contributed by atoms with Crippen LogP contribution in [-0.4, -0.2) is 60.0 Å². The first-order valence-electron chi connectivity index (χ1n) is 9.17. The quantitative estimate of drug-likeness (QED) is 0.563. The Morgan fingerprint density at radius 2 is 1.93 bits per heavy atom. The molecule has 8 heteroatoms. The van der Waals surface area contributed by atoms with Crippen LogP contribution in [0.2, 0.25) is 0 Å². The van der Waals surface area contributed by atoms with Gasteiger partial charge < -0.3 is 9.64 Å². The van der Waals surface area contributed by atoms with Gasteiger partial charge in [0.1, 0.15) is 18.2 Å². The zero-order valence-electron chi connectivity index (χ0n) is 15.4. The van der Waals surface area contributed by atoms with E-state index in [1.165, 1.54) is 30.3 Å². The summed E-state index contributed by atoms with van der Waals surface area (Å²) in [5.74, 6) is -0.110. The van der Waals surface area contributed by atoms with Gasteiger partial charge in [-0.15, -0.1) is 0 Å². The van der Waals surface area contributed by atoms with Gasteiger partial charge in [-0.25, -0.2) is 4.39 Å². The van der Waals surface area contributed by atoms with Crippen molar-refractivity contribution >= 4 is 11.6 Å². The van der Waals surface area contributed by atoms with Crippen LogP contribution >= 0.6 is 0 Å². The molecule has 0 spiro atoms. The SMILES string of the molecule is O=C(c1cccc(F)c1)N1CCCN(CCOc2cccc([N+](=O)[O-])c2)CC1. The summed E-state index contributed by atoms with van der Waals surface area (Å²) >= 11 is 0.